The van der Waals surface area contributed by atoms with Crippen molar-refractivity contribution in [2.75, 3.05) is 0 Å². The monoisotopic (exact) mass is 268 g/mol. The summed E-state index contributed by atoms with van der Waals surface area (Å²) in [5, 5.41) is 9.40. The van der Waals surface area contributed by atoms with Gasteiger partial charge >= 0.3 is 5.97 Å². The quantitative estimate of drug-likeness (QED) is 0.864. The van der Waals surface area contributed by atoms with Crippen molar-refractivity contribution in [3.8, 4) is 11.1 Å². The smallest absolute Gasteiger partial charge is 0.336 e. The van der Waals surface area contributed by atoms with E-state index in [1.54, 1.807) is 12.1 Å². The second-order valence-corrected chi connectivity index (χ2v) is 5.35. The van der Waals surface area contributed by atoms with Crippen LogP contribution in [0.5, 0.6) is 0 Å². The Morgan fingerprint density at radius 3 is 1.75 bits per heavy atom. The average molecular weight is 268 g/mol. The van der Waals surface area contributed by atoms with E-state index in [9.17, 15) is 9.90 Å². The molecule has 0 spiro atoms. The summed E-state index contributed by atoms with van der Waals surface area (Å²) in [5.41, 5.74) is 8.33. The third-order valence-corrected chi connectivity index (χ3v) is 4.43. The molecule has 0 aromatic heterocycles. The molecule has 2 aromatic carbocycles. The molecule has 20 heavy (non-hydrogen) atoms. The van der Waals surface area contributed by atoms with E-state index in [1.165, 1.54) is 27.8 Å². The van der Waals surface area contributed by atoms with Crippen LogP contribution in [0.3, 0.4) is 0 Å². The molecular weight excluding hydrogens is 248 g/mol. The molecule has 2 nitrogen and oxygen atoms in total. The first-order valence-corrected chi connectivity index (χ1v) is 6.76. The Bertz CT molecular complexity index is 668. The normalized spacial score (nSPS) is 10.7. The molecule has 0 saturated heterocycles. The van der Waals surface area contributed by atoms with Crippen molar-refractivity contribution in [2.45, 2.75) is 34.6 Å². The van der Waals surface area contributed by atoms with Crippen molar-refractivity contribution in [3.63, 3.8) is 0 Å². The van der Waals surface area contributed by atoms with Gasteiger partial charge in [0.25, 0.3) is 0 Å². The number of hydrogen-bond donors (Lipinski definition) is 1. The van der Waals surface area contributed by atoms with Gasteiger partial charge in [-0.2, -0.15) is 0 Å². The van der Waals surface area contributed by atoms with Gasteiger partial charge in [0.1, 0.15) is 0 Å². The molecule has 2 aromatic rings. The van der Waals surface area contributed by atoms with Gasteiger partial charge in [0.2, 0.25) is 0 Å². The Kier molecular flexibility index (Phi) is 3.67. The van der Waals surface area contributed by atoms with Gasteiger partial charge < -0.3 is 5.11 Å². The lowest BCUT2D eigenvalue weighted by Gasteiger charge is -2.20. The molecule has 0 heterocycles. The molecule has 0 aliphatic heterocycles. The highest BCUT2D eigenvalue weighted by Crippen LogP contribution is 2.35. The van der Waals surface area contributed by atoms with Crippen molar-refractivity contribution >= 4 is 5.97 Å². The van der Waals surface area contributed by atoms with Crippen LogP contribution >= 0.6 is 0 Å². The van der Waals surface area contributed by atoms with Gasteiger partial charge in [-0.25, -0.2) is 4.79 Å². The van der Waals surface area contributed by atoms with Gasteiger partial charge in [0, 0.05) is 0 Å². The third-order valence-electron chi connectivity index (χ3n) is 4.43. The fraction of sp³-hybridized carbons (Fsp3) is 0.278. The van der Waals surface area contributed by atoms with Crippen LogP contribution in [-0.4, -0.2) is 11.1 Å². The van der Waals surface area contributed by atoms with Crippen molar-refractivity contribution in [1.29, 1.82) is 0 Å². The predicted octanol–water partition coefficient (Wildman–Crippen LogP) is 4.59. The van der Waals surface area contributed by atoms with E-state index in [2.05, 4.69) is 34.6 Å². The molecular formula is C18H20O2. The molecule has 1 N–H and O–H groups in total. The van der Waals surface area contributed by atoms with Crippen LogP contribution in [0.2, 0.25) is 0 Å². The number of carbonyl (C=O) groups is 1. The molecule has 0 unspecified atom stereocenters. The zero-order valence-corrected chi connectivity index (χ0v) is 12.7. The first kappa shape index (κ1) is 14.3. The number of aromatic carboxylic acids is 1. The van der Waals surface area contributed by atoms with Gasteiger partial charge in [0.15, 0.2) is 0 Å². The summed E-state index contributed by atoms with van der Waals surface area (Å²) < 4.78 is 0. The maximum absolute atomic E-state index is 11.5. The molecule has 0 atom stereocenters. The highest BCUT2D eigenvalue weighted by Gasteiger charge is 2.18. The fourth-order valence-corrected chi connectivity index (χ4v) is 2.79. The van der Waals surface area contributed by atoms with Gasteiger partial charge in [-0.3, -0.25) is 0 Å². The summed E-state index contributed by atoms with van der Waals surface area (Å²) >= 11 is 0. The third kappa shape index (κ3) is 2.11. The molecule has 104 valence electrons. The van der Waals surface area contributed by atoms with Crippen molar-refractivity contribution in [3.05, 3.63) is 57.6 Å². The molecule has 2 rings (SSSR count). The first-order chi connectivity index (χ1) is 9.36. The Balaban J connectivity index is 2.88. The second kappa shape index (κ2) is 5.12. The van der Waals surface area contributed by atoms with Crippen molar-refractivity contribution < 1.29 is 9.90 Å². The van der Waals surface area contributed by atoms with Gasteiger partial charge in [-0.1, -0.05) is 18.2 Å². The van der Waals surface area contributed by atoms with E-state index in [0.717, 1.165) is 11.1 Å². The Morgan fingerprint density at radius 2 is 1.25 bits per heavy atom. The molecule has 2 heteroatoms. The Labute approximate surface area is 120 Å². The number of carboxylic acids is 1. The van der Waals surface area contributed by atoms with Crippen molar-refractivity contribution in [2.24, 2.45) is 0 Å². The standard InChI is InChI=1S/C18H20O2/c1-10-11(2)13(4)17(14(5)12(10)3)15-8-6-7-9-16(15)18(19)20/h6-9H,1-5H3,(H,19,20). The van der Waals surface area contributed by atoms with E-state index in [1.807, 2.05) is 12.1 Å². The van der Waals surface area contributed by atoms with E-state index < -0.39 is 5.97 Å². The Morgan fingerprint density at radius 1 is 0.800 bits per heavy atom. The van der Waals surface area contributed by atoms with Gasteiger partial charge in [0.05, 0.1) is 5.56 Å². The van der Waals surface area contributed by atoms with Gasteiger partial charge in [-0.15, -0.1) is 0 Å². The summed E-state index contributed by atoms with van der Waals surface area (Å²) in [6.07, 6.45) is 0. The fourth-order valence-electron chi connectivity index (χ4n) is 2.79. The van der Waals surface area contributed by atoms with E-state index in [0.29, 0.717) is 5.56 Å². The highest BCUT2D eigenvalue weighted by atomic mass is 16.4. The summed E-state index contributed by atoms with van der Waals surface area (Å²) in [7, 11) is 0. The first-order valence-electron chi connectivity index (χ1n) is 6.76. The SMILES string of the molecule is Cc1c(C)c(C)c(-c2ccccc2C(=O)O)c(C)c1C. The lowest BCUT2D eigenvalue weighted by molar-refractivity contribution is 0.0697. The number of rotatable bonds is 2. The van der Waals surface area contributed by atoms with Crippen LogP contribution in [0.1, 0.15) is 38.2 Å². The summed E-state index contributed by atoms with van der Waals surface area (Å²) in [6.45, 7) is 10.5. The maximum Gasteiger partial charge on any atom is 0.336 e. The molecule has 0 aliphatic carbocycles. The summed E-state index contributed by atoms with van der Waals surface area (Å²) in [6, 6.07) is 7.23. The zero-order chi connectivity index (χ0) is 15.0. The molecule has 0 fully saturated rings. The number of benzene rings is 2. The molecule has 0 saturated carbocycles. The minimum Gasteiger partial charge on any atom is -0.478 e. The molecule has 0 bridgehead atoms. The predicted molar refractivity (Wildman–Crippen MR) is 82.5 cm³/mol. The Hall–Kier alpha value is -2.09. The van der Waals surface area contributed by atoms with Crippen LogP contribution in [-0.2, 0) is 0 Å². The minimum atomic E-state index is -0.879. The lowest BCUT2D eigenvalue weighted by Crippen LogP contribution is -2.04. The molecule has 0 radical (unpaired) electrons. The summed E-state index contributed by atoms with van der Waals surface area (Å²) in [5.74, 6) is -0.879. The van der Waals surface area contributed by atoms with Crippen LogP contribution < -0.4 is 0 Å². The lowest BCUT2D eigenvalue weighted by atomic mass is 9.85. The van der Waals surface area contributed by atoms with Crippen LogP contribution in [0.25, 0.3) is 11.1 Å². The number of carboxylic acid groups (broad SMARTS) is 1. The van der Waals surface area contributed by atoms with Crippen LogP contribution in [0.15, 0.2) is 24.3 Å². The second-order valence-electron chi connectivity index (χ2n) is 5.35. The molecule has 0 aliphatic rings. The molecule has 0 amide bonds. The van der Waals surface area contributed by atoms with E-state index >= 15 is 0 Å². The maximum atomic E-state index is 11.5. The summed E-state index contributed by atoms with van der Waals surface area (Å²) in [4.78, 5) is 11.5. The number of hydrogen-bond acceptors (Lipinski definition) is 1. The van der Waals surface area contributed by atoms with Gasteiger partial charge in [-0.05, 0) is 79.6 Å². The van der Waals surface area contributed by atoms with Crippen molar-refractivity contribution in [1.82, 2.24) is 0 Å². The van der Waals surface area contributed by atoms with Crippen LogP contribution in [0, 0.1) is 34.6 Å². The van der Waals surface area contributed by atoms with E-state index in [-0.39, 0.29) is 0 Å². The average Bonchev–Trinajstić information content (AvgIpc) is 2.43. The topological polar surface area (TPSA) is 37.3 Å². The van der Waals surface area contributed by atoms with Crippen LogP contribution in [0.4, 0.5) is 0 Å². The highest BCUT2D eigenvalue weighted by molar-refractivity contribution is 5.97. The van der Waals surface area contributed by atoms with E-state index in [4.69, 9.17) is 0 Å². The minimum absolute atomic E-state index is 0.362. The zero-order valence-electron chi connectivity index (χ0n) is 12.7. The largest absolute Gasteiger partial charge is 0.478 e.